The third-order valence-corrected chi connectivity index (χ3v) is 3.89. The average Bonchev–Trinajstić information content (AvgIpc) is 2.66. The summed E-state index contributed by atoms with van der Waals surface area (Å²) in [5, 5.41) is 0. The lowest BCUT2D eigenvalue weighted by atomic mass is 10.1. The van der Waals surface area contributed by atoms with Crippen LogP contribution in [-0.4, -0.2) is 5.91 Å². The van der Waals surface area contributed by atoms with Gasteiger partial charge in [0.2, 0.25) is 5.91 Å². The zero-order valence-electron chi connectivity index (χ0n) is 10.9. The minimum atomic E-state index is -0.636. The summed E-state index contributed by atoms with van der Waals surface area (Å²) in [6.45, 7) is 0.390. The molecule has 0 fully saturated rings. The molecule has 3 nitrogen and oxygen atoms in total. The number of fused-ring (bicyclic) bond motifs is 1. The molecule has 110 valence electrons. The maximum Gasteiger partial charge on any atom is 0.248 e. The Labute approximate surface area is 136 Å². The maximum atomic E-state index is 12.9. The summed E-state index contributed by atoms with van der Waals surface area (Å²) in [6.07, 6.45) is 0. The van der Waals surface area contributed by atoms with Crippen molar-refractivity contribution in [3.8, 4) is 0 Å². The second-order valence-corrected chi connectivity index (χ2v) is 5.65. The molecule has 1 amide bonds. The molecule has 21 heavy (non-hydrogen) atoms. The first-order chi connectivity index (χ1) is 9.56. The van der Waals surface area contributed by atoms with E-state index in [1.54, 1.807) is 17.0 Å². The van der Waals surface area contributed by atoms with Crippen LogP contribution in [0.3, 0.4) is 0 Å². The molecule has 1 atom stereocenters. The number of amides is 1. The lowest BCUT2D eigenvalue weighted by Gasteiger charge is -2.17. The first-order valence-corrected chi connectivity index (χ1v) is 6.96. The molecule has 2 aromatic rings. The van der Waals surface area contributed by atoms with E-state index in [-0.39, 0.29) is 24.1 Å². The number of benzene rings is 2. The van der Waals surface area contributed by atoms with Crippen LogP contribution in [0, 0.1) is 5.82 Å². The van der Waals surface area contributed by atoms with Crippen LogP contribution in [0.1, 0.15) is 17.2 Å². The van der Waals surface area contributed by atoms with Crippen LogP contribution < -0.4 is 10.6 Å². The monoisotopic (exact) mass is 370 g/mol. The van der Waals surface area contributed by atoms with Crippen LogP contribution in [0.2, 0.25) is 0 Å². The van der Waals surface area contributed by atoms with E-state index in [4.69, 9.17) is 5.73 Å². The van der Waals surface area contributed by atoms with E-state index in [0.717, 1.165) is 21.3 Å². The SMILES string of the molecule is Cl.NC1C(=O)N(Cc2ccc(F)cc2)c2ccc(Br)cc21. The molecule has 0 saturated carbocycles. The Morgan fingerprint density at radius 2 is 1.86 bits per heavy atom. The fourth-order valence-electron chi connectivity index (χ4n) is 2.38. The van der Waals surface area contributed by atoms with Gasteiger partial charge in [-0.25, -0.2) is 4.39 Å². The standard InChI is InChI=1S/C15H12BrFN2O.ClH/c16-10-3-6-13-12(7-10)14(18)15(20)19(13)8-9-1-4-11(17)5-2-9;/h1-7,14H,8,18H2;1H. The number of carbonyl (C=O) groups excluding carboxylic acids is 1. The smallest absolute Gasteiger partial charge is 0.248 e. The lowest BCUT2D eigenvalue weighted by Crippen LogP contribution is -2.31. The quantitative estimate of drug-likeness (QED) is 0.877. The largest absolute Gasteiger partial charge is 0.316 e. The normalized spacial score (nSPS) is 16.6. The van der Waals surface area contributed by atoms with E-state index in [1.807, 2.05) is 18.2 Å². The van der Waals surface area contributed by atoms with Crippen molar-refractivity contribution in [2.45, 2.75) is 12.6 Å². The van der Waals surface area contributed by atoms with Gasteiger partial charge in [-0.2, -0.15) is 0 Å². The van der Waals surface area contributed by atoms with Crippen molar-refractivity contribution in [1.82, 2.24) is 0 Å². The van der Waals surface area contributed by atoms with Gasteiger partial charge in [0.15, 0.2) is 0 Å². The molecule has 1 aliphatic heterocycles. The van der Waals surface area contributed by atoms with Gasteiger partial charge in [-0.1, -0.05) is 28.1 Å². The number of hydrogen-bond acceptors (Lipinski definition) is 2. The Morgan fingerprint density at radius 3 is 2.52 bits per heavy atom. The Balaban J connectivity index is 0.00000161. The number of anilines is 1. The topological polar surface area (TPSA) is 46.3 Å². The van der Waals surface area contributed by atoms with Crippen molar-refractivity contribution in [2.75, 3.05) is 4.90 Å². The molecule has 6 heteroatoms. The summed E-state index contributed by atoms with van der Waals surface area (Å²) in [5.74, 6) is -0.426. The Hall–Kier alpha value is -1.43. The number of nitrogens with zero attached hydrogens (tertiary/aromatic N) is 1. The van der Waals surface area contributed by atoms with E-state index < -0.39 is 6.04 Å². The summed E-state index contributed by atoms with van der Waals surface area (Å²) in [6, 6.07) is 11.1. The van der Waals surface area contributed by atoms with Crippen LogP contribution >= 0.6 is 28.3 Å². The van der Waals surface area contributed by atoms with Crippen molar-refractivity contribution in [2.24, 2.45) is 5.73 Å². The second kappa shape index (κ2) is 6.13. The molecule has 1 aliphatic rings. The zero-order chi connectivity index (χ0) is 14.3. The third kappa shape index (κ3) is 2.95. The predicted molar refractivity (Wildman–Crippen MR) is 85.9 cm³/mol. The van der Waals surface area contributed by atoms with Gasteiger partial charge >= 0.3 is 0 Å². The summed E-state index contributed by atoms with van der Waals surface area (Å²) < 4.78 is 13.8. The zero-order valence-corrected chi connectivity index (χ0v) is 13.3. The minimum Gasteiger partial charge on any atom is -0.316 e. The van der Waals surface area contributed by atoms with Gasteiger partial charge in [0.1, 0.15) is 11.9 Å². The number of rotatable bonds is 2. The van der Waals surface area contributed by atoms with Gasteiger partial charge in [-0.05, 0) is 35.9 Å². The van der Waals surface area contributed by atoms with Crippen LogP contribution in [0.5, 0.6) is 0 Å². The fourth-order valence-corrected chi connectivity index (χ4v) is 2.75. The van der Waals surface area contributed by atoms with Crippen LogP contribution in [0.15, 0.2) is 46.9 Å². The van der Waals surface area contributed by atoms with Gasteiger partial charge in [0, 0.05) is 15.7 Å². The Morgan fingerprint density at radius 1 is 1.19 bits per heavy atom. The highest BCUT2D eigenvalue weighted by atomic mass is 79.9. The molecule has 0 aromatic heterocycles. The van der Waals surface area contributed by atoms with Crippen LogP contribution in [0.4, 0.5) is 10.1 Å². The van der Waals surface area contributed by atoms with Crippen molar-refractivity contribution in [3.63, 3.8) is 0 Å². The van der Waals surface area contributed by atoms with Crippen molar-refractivity contribution >= 4 is 39.9 Å². The van der Waals surface area contributed by atoms with Gasteiger partial charge in [0.25, 0.3) is 0 Å². The van der Waals surface area contributed by atoms with Crippen LogP contribution in [-0.2, 0) is 11.3 Å². The highest BCUT2D eigenvalue weighted by molar-refractivity contribution is 9.10. The Bertz CT molecular complexity index is 678. The van der Waals surface area contributed by atoms with E-state index in [1.165, 1.54) is 12.1 Å². The first kappa shape index (κ1) is 15.9. The average molecular weight is 372 g/mol. The number of nitrogens with two attached hydrogens (primary N) is 1. The second-order valence-electron chi connectivity index (χ2n) is 4.73. The van der Waals surface area contributed by atoms with E-state index in [9.17, 15) is 9.18 Å². The molecule has 0 bridgehead atoms. The molecule has 0 spiro atoms. The van der Waals surface area contributed by atoms with E-state index in [2.05, 4.69) is 15.9 Å². The van der Waals surface area contributed by atoms with Crippen molar-refractivity contribution in [3.05, 3.63) is 63.9 Å². The molecule has 2 N–H and O–H groups in total. The highest BCUT2D eigenvalue weighted by Gasteiger charge is 2.34. The van der Waals surface area contributed by atoms with E-state index >= 15 is 0 Å². The van der Waals surface area contributed by atoms with Gasteiger partial charge in [0.05, 0.1) is 6.54 Å². The molecular weight excluding hydrogens is 359 g/mol. The minimum absolute atomic E-state index is 0. The molecule has 0 aliphatic carbocycles. The van der Waals surface area contributed by atoms with E-state index in [0.29, 0.717) is 6.54 Å². The van der Waals surface area contributed by atoms with Gasteiger partial charge in [-0.15, -0.1) is 12.4 Å². The summed E-state index contributed by atoms with van der Waals surface area (Å²) in [4.78, 5) is 13.9. The van der Waals surface area contributed by atoms with Crippen molar-refractivity contribution in [1.29, 1.82) is 0 Å². The molecule has 2 aromatic carbocycles. The van der Waals surface area contributed by atoms with Gasteiger partial charge in [-0.3, -0.25) is 4.79 Å². The number of hydrogen-bond donors (Lipinski definition) is 1. The fraction of sp³-hybridized carbons (Fsp3) is 0.133. The molecule has 3 rings (SSSR count). The lowest BCUT2D eigenvalue weighted by molar-refractivity contribution is -0.119. The van der Waals surface area contributed by atoms with Gasteiger partial charge < -0.3 is 10.6 Å². The molecular formula is C15H13BrClFN2O. The highest BCUT2D eigenvalue weighted by Crippen LogP contribution is 2.37. The first-order valence-electron chi connectivity index (χ1n) is 6.17. The van der Waals surface area contributed by atoms with Crippen molar-refractivity contribution < 1.29 is 9.18 Å². The number of halogens is 3. The molecule has 0 radical (unpaired) electrons. The Kier molecular flexibility index (Phi) is 4.66. The predicted octanol–water partition coefficient (Wildman–Crippen LogP) is 3.56. The summed E-state index contributed by atoms with van der Waals surface area (Å²) in [7, 11) is 0. The molecule has 0 saturated heterocycles. The molecule has 1 unspecified atom stereocenters. The van der Waals surface area contributed by atoms with Crippen LogP contribution in [0.25, 0.3) is 0 Å². The summed E-state index contributed by atoms with van der Waals surface area (Å²) >= 11 is 3.38. The number of carbonyl (C=O) groups is 1. The maximum absolute atomic E-state index is 12.9. The third-order valence-electron chi connectivity index (χ3n) is 3.40. The summed E-state index contributed by atoms with van der Waals surface area (Å²) in [5.41, 5.74) is 8.44. The molecule has 1 heterocycles.